The number of carboxylic acids is 1. The monoisotopic (exact) mass is 268 g/mol. The summed E-state index contributed by atoms with van der Waals surface area (Å²) in [6.07, 6.45) is 2.04. The molecule has 0 bridgehead atoms. The van der Waals surface area contributed by atoms with Gasteiger partial charge in [-0.25, -0.2) is 4.79 Å². The van der Waals surface area contributed by atoms with E-state index in [-0.39, 0.29) is 19.0 Å². The van der Waals surface area contributed by atoms with E-state index < -0.39 is 5.97 Å². The lowest BCUT2D eigenvalue weighted by Gasteiger charge is -2.22. The molecule has 2 amide bonds. The molecule has 1 heterocycles. The topological polar surface area (TPSA) is 69.6 Å². The minimum absolute atomic E-state index is 0.0390. The number of carbonyl (C=O) groups excluding carboxylic acids is 1. The largest absolute Gasteiger partial charge is 0.481 e. The molecule has 2 rings (SSSR count). The minimum Gasteiger partial charge on any atom is -0.481 e. The first-order valence-corrected chi connectivity index (χ1v) is 6.88. The van der Waals surface area contributed by atoms with Crippen LogP contribution in [0.4, 0.5) is 4.79 Å². The molecule has 1 saturated carbocycles. The molecule has 0 saturated heterocycles. The molecule has 0 spiro atoms. The lowest BCUT2D eigenvalue weighted by atomic mass is 10.3. The van der Waals surface area contributed by atoms with Crippen LogP contribution in [0.1, 0.15) is 24.8 Å². The SMILES string of the molecule is O=C(O)CCNC(=O)N(Cc1ccsc1)C1CC1. The van der Waals surface area contributed by atoms with Gasteiger partial charge in [-0.1, -0.05) is 0 Å². The number of nitrogens with zero attached hydrogens (tertiary/aromatic N) is 1. The zero-order chi connectivity index (χ0) is 13.0. The summed E-state index contributed by atoms with van der Waals surface area (Å²) in [5.74, 6) is -0.897. The van der Waals surface area contributed by atoms with E-state index in [4.69, 9.17) is 5.11 Å². The third-order valence-corrected chi connectivity index (χ3v) is 3.53. The number of carbonyl (C=O) groups is 2. The first-order chi connectivity index (χ1) is 8.66. The Morgan fingerprint density at radius 2 is 2.28 bits per heavy atom. The summed E-state index contributed by atoms with van der Waals surface area (Å²) in [5.41, 5.74) is 1.13. The molecule has 1 aromatic rings. The van der Waals surface area contributed by atoms with Crippen LogP contribution in [0, 0.1) is 0 Å². The molecule has 0 aliphatic heterocycles. The maximum Gasteiger partial charge on any atom is 0.317 e. The first-order valence-electron chi connectivity index (χ1n) is 5.94. The quantitative estimate of drug-likeness (QED) is 0.828. The second-order valence-corrected chi connectivity index (χ2v) is 5.15. The maximum absolute atomic E-state index is 12.0. The van der Waals surface area contributed by atoms with Crippen LogP contribution in [0.3, 0.4) is 0 Å². The van der Waals surface area contributed by atoms with Crippen molar-refractivity contribution in [2.24, 2.45) is 0 Å². The van der Waals surface area contributed by atoms with Gasteiger partial charge in [0.2, 0.25) is 0 Å². The normalized spacial score (nSPS) is 14.2. The zero-order valence-corrected chi connectivity index (χ0v) is 10.8. The fourth-order valence-corrected chi connectivity index (χ4v) is 2.37. The third-order valence-electron chi connectivity index (χ3n) is 2.80. The van der Waals surface area contributed by atoms with Crippen LogP contribution in [0.25, 0.3) is 0 Å². The van der Waals surface area contributed by atoms with Crippen LogP contribution < -0.4 is 5.32 Å². The molecular weight excluding hydrogens is 252 g/mol. The van der Waals surface area contributed by atoms with E-state index in [0.717, 1.165) is 18.4 Å². The van der Waals surface area contributed by atoms with Crippen LogP contribution >= 0.6 is 11.3 Å². The number of urea groups is 1. The minimum atomic E-state index is -0.897. The molecule has 0 atom stereocenters. The molecule has 1 aliphatic carbocycles. The Morgan fingerprint density at radius 3 is 2.83 bits per heavy atom. The van der Waals surface area contributed by atoms with Gasteiger partial charge in [0.15, 0.2) is 0 Å². The smallest absolute Gasteiger partial charge is 0.317 e. The highest BCUT2D eigenvalue weighted by molar-refractivity contribution is 7.07. The highest BCUT2D eigenvalue weighted by Gasteiger charge is 2.32. The Balaban J connectivity index is 1.85. The number of carboxylic acid groups (broad SMARTS) is 1. The average Bonchev–Trinajstić information content (AvgIpc) is 3.02. The van der Waals surface area contributed by atoms with Crippen LogP contribution in [-0.2, 0) is 11.3 Å². The molecule has 0 aromatic carbocycles. The number of rotatable bonds is 6. The van der Waals surface area contributed by atoms with Gasteiger partial charge < -0.3 is 15.3 Å². The molecule has 98 valence electrons. The van der Waals surface area contributed by atoms with Crippen molar-refractivity contribution in [1.82, 2.24) is 10.2 Å². The Labute approximate surface area is 109 Å². The van der Waals surface area contributed by atoms with Gasteiger partial charge in [-0.05, 0) is 35.2 Å². The molecule has 1 aromatic heterocycles. The van der Waals surface area contributed by atoms with Crippen molar-refractivity contribution in [3.05, 3.63) is 22.4 Å². The summed E-state index contributed by atoms with van der Waals surface area (Å²) in [5, 5.41) is 15.2. The molecule has 0 radical (unpaired) electrons. The summed E-state index contributed by atoms with van der Waals surface area (Å²) in [7, 11) is 0. The van der Waals surface area contributed by atoms with Gasteiger partial charge in [0.25, 0.3) is 0 Å². The van der Waals surface area contributed by atoms with Crippen molar-refractivity contribution in [1.29, 1.82) is 0 Å². The Kier molecular flexibility index (Phi) is 4.19. The van der Waals surface area contributed by atoms with Crippen molar-refractivity contribution in [3.63, 3.8) is 0 Å². The summed E-state index contributed by atoms with van der Waals surface area (Å²) < 4.78 is 0. The van der Waals surface area contributed by atoms with E-state index in [2.05, 4.69) is 5.32 Å². The molecule has 0 unspecified atom stereocenters. The third kappa shape index (κ3) is 3.73. The fourth-order valence-electron chi connectivity index (χ4n) is 1.71. The van der Waals surface area contributed by atoms with Gasteiger partial charge in [-0.3, -0.25) is 4.79 Å². The first kappa shape index (κ1) is 12.9. The van der Waals surface area contributed by atoms with Gasteiger partial charge in [-0.15, -0.1) is 0 Å². The maximum atomic E-state index is 12.0. The lowest BCUT2D eigenvalue weighted by molar-refractivity contribution is -0.136. The Hall–Kier alpha value is -1.56. The molecular formula is C12H16N2O3S. The van der Waals surface area contributed by atoms with E-state index in [1.54, 1.807) is 16.2 Å². The van der Waals surface area contributed by atoms with Gasteiger partial charge in [-0.2, -0.15) is 11.3 Å². The van der Waals surface area contributed by atoms with Gasteiger partial charge in [0.05, 0.1) is 6.42 Å². The van der Waals surface area contributed by atoms with Crippen LogP contribution in [0.2, 0.25) is 0 Å². The van der Waals surface area contributed by atoms with Crippen molar-refractivity contribution >= 4 is 23.3 Å². The highest BCUT2D eigenvalue weighted by Crippen LogP contribution is 2.28. The van der Waals surface area contributed by atoms with Crippen LogP contribution in [-0.4, -0.2) is 34.6 Å². The second kappa shape index (κ2) is 5.86. The standard InChI is InChI=1S/C12H16N2O3S/c15-11(16)3-5-13-12(17)14(10-1-2-10)7-9-4-6-18-8-9/h4,6,8,10H,1-3,5,7H2,(H,13,17)(H,15,16). The van der Waals surface area contributed by atoms with Crippen molar-refractivity contribution in [2.75, 3.05) is 6.54 Å². The zero-order valence-electron chi connectivity index (χ0n) is 9.96. The van der Waals surface area contributed by atoms with E-state index in [9.17, 15) is 9.59 Å². The number of amides is 2. The average molecular weight is 268 g/mol. The number of hydrogen-bond acceptors (Lipinski definition) is 3. The van der Waals surface area contributed by atoms with Gasteiger partial charge >= 0.3 is 12.0 Å². The van der Waals surface area contributed by atoms with Crippen molar-refractivity contribution < 1.29 is 14.7 Å². The van der Waals surface area contributed by atoms with E-state index >= 15 is 0 Å². The van der Waals surface area contributed by atoms with Gasteiger partial charge in [0.1, 0.15) is 0 Å². The number of nitrogens with one attached hydrogen (secondary N) is 1. The summed E-state index contributed by atoms with van der Waals surface area (Å²) >= 11 is 1.61. The Morgan fingerprint density at radius 1 is 1.50 bits per heavy atom. The molecule has 1 fully saturated rings. The van der Waals surface area contributed by atoms with Gasteiger partial charge in [0, 0.05) is 19.1 Å². The number of hydrogen-bond donors (Lipinski definition) is 2. The van der Waals surface area contributed by atoms with Crippen LogP contribution in [0.15, 0.2) is 16.8 Å². The lowest BCUT2D eigenvalue weighted by Crippen LogP contribution is -2.41. The molecule has 1 aliphatic rings. The van der Waals surface area contributed by atoms with E-state index in [0.29, 0.717) is 12.6 Å². The fraction of sp³-hybridized carbons (Fsp3) is 0.500. The molecule has 2 N–H and O–H groups in total. The Bertz CT molecular complexity index is 415. The van der Waals surface area contributed by atoms with Crippen molar-refractivity contribution in [3.8, 4) is 0 Å². The molecule has 18 heavy (non-hydrogen) atoms. The van der Waals surface area contributed by atoms with Crippen LogP contribution in [0.5, 0.6) is 0 Å². The predicted molar refractivity (Wildman–Crippen MR) is 68.5 cm³/mol. The highest BCUT2D eigenvalue weighted by atomic mass is 32.1. The summed E-state index contributed by atoms with van der Waals surface area (Å²) in [6, 6.07) is 2.16. The predicted octanol–water partition coefficient (Wildman–Crippen LogP) is 1.90. The number of thiophene rings is 1. The second-order valence-electron chi connectivity index (χ2n) is 4.37. The summed E-state index contributed by atoms with van der Waals surface area (Å²) in [4.78, 5) is 24.1. The van der Waals surface area contributed by atoms with E-state index in [1.165, 1.54) is 0 Å². The van der Waals surface area contributed by atoms with E-state index in [1.807, 2.05) is 16.8 Å². The number of aliphatic carboxylic acids is 1. The van der Waals surface area contributed by atoms with Crippen molar-refractivity contribution in [2.45, 2.75) is 31.8 Å². The molecule has 5 nitrogen and oxygen atoms in total. The summed E-state index contributed by atoms with van der Waals surface area (Å²) in [6.45, 7) is 0.786. The molecule has 6 heteroatoms.